The zero-order chi connectivity index (χ0) is 14.7. The lowest BCUT2D eigenvalue weighted by Gasteiger charge is -2.17. The number of amides is 1. The van der Waals surface area contributed by atoms with Gasteiger partial charge in [0.1, 0.15) is 5.75 Å². The molecule has 0 fully saturated rings. The Hall–Kier alpha value is -2.29. The molecule has 0 aromatic heterocycles. The van der Waals surface area contributed by atoms with Crippen LogP contribution in [0.3, 0.4) is 0 Å². The molecule has 0 aliphatic carbocycles. The van der Waals surface area contributed by atoms with Crippen LogP contribution >= 0.6 is 0 Å². The van der Waals surface area contributed by atoms with Crippen LogP contribution in [0.25, 0.3) is 0 Å². The first-order valence-electron chi connectivity index (χ1n) is 7.29. The van der Waals surface area contributed by atoms with E-state index in [9.17, 15) is 4.79 Å². The minimum Gasteiger partial charge on any atom is -0.497 e. The minimum absolute atomic E-state index is 0.197. The first kappa shape index (κ1) is 13.7. The summed E-state index contributed by atoms with van der Waals surface area (Å²) in [4.78, 5) is 14.3. The van der Waals surface area contributed by atoms with Crippen molar-refractivity contribution in [1.29, 1.82) is 0 Å². The van der Waals surface area contributed by atoms with Gasteiger partial charge in [-0.1, -0.05) is 30.3 Å². The molecule has 3 heteroatoms. The van der Waals surface area contributed by atoms with E-state index >= 15 is 0 Å². The van der Waals surface area contributed by atoms with Crippen molar-refractivity contribution < 1.29 is 9.53 Å². The van der Waals surface area contributed by atoms with Crippen molar-refractivity contribution in [1.82, 2.24) is 0 Å². The monoisotopic (exact) mass is 281 g/mol. The highest BCUT2D eigenvalue weighted by molar-refractivity contribution is 5.95. The fraction of sp³-hybridized carbons (Fsp3) is 0.278. The first-order chi connectivity index (χ1) is 10.3. The van der Waals surface area contributed by atoms with E-state index in [0.717, 1.165) is 30.8 Å². The topological polar surface area (TPSA) is 29.5 Å². The highest BCUT2D eigenvalue weighted by atomic mass is 16.5. The third-order valence-electron chi connectivity index (χ3n) is 3.95. The number of carbonyl (C=O) groups is 1. The molecule has 1 aliphatic heterocycles. The maximum Gasteiger partial charge on any atom is 0.227 e. The van der Waals surface area contributed by atoms with Gasteiger partial charge in [0.25, 0.3) is 0 Å². The molecule has 108 valence electrons. The van der Waals surface area contributed by atoms with Gasteiger partial charge in [-0.05, 0) is 42.2 Å². The number of fused-ring (bicyclic) bond motifs is 1. The van der Waals surface area contributed by atoms with Gasteiger partial charge in [0.2, 0.25) is 5.91 Å². The number of benzene rings is 2. The van der Waals surface area contributed by atoms with Crippen LogP contribution in [0.15, 0.2) is 48.5 Å². The van der Waals surface area contributed by atoms with Crippen LogP contribution in [0, 0.1) is 0 Å². The number of ether oxygens (including phenoxy) is 1. The maximum absolute atomic E-state index is 12.4. The first-order valence-corrected chi connectivity index (χ1v) is 7.29. The molecule has 1 amide bonds. The molecule has 0 unspecified atom stereocenters. The molecule has 0 atom stereocenters. The number of aryl methyl sites for hydroxylation is 1. The van der Waals surface area contributed by atoms with E-state index in [4.69, 9.17) is 4.74 Å². The molecule has 2 aromatic rings. The lowest BCUT2D eigenvalue weighted by Crippen LogP contribution is -2.29. The van der Waals surface area contributed by atoms with Crippen molar-refractivity contribution in [3.05, 3.63) is 59.7 Å². The summed E-state index contributed by atoms with van der Waals surface area (Å²) in [5.74, 6) is 1.05. The molecule has 1 heterocycles. The predicted molar refractivity (Wildman–Crippen MR) is 83.8 cm³/mol. The fourth-order valence-corrected chi connectivity index (χ4v) is 2.80. The van der Waals surface area contributed by atoms with E-state index in [1.165, 1.54) is 11.1 Å². The average Bonchev–Trinajstić information content (AvgIpc) is 2.96. The van der Waals surface area contributed by atoms with Gasteiger partial charge < -0.3 is 9.64 Å². The molecular formula is C18H19NO2. The maximum atomic E-state index is 12.4. The number of methoxy groups -OCH3 is 1. The van der Waals surface area contributed by atoms with Crippen LogP contribution in [0.2, 0.25) is 0 Å². The van der Waals surface area contributed by atoms with Crippen LogP contribution in [-0.2, 0) is 17.6 Å². The number of hydrogen-bond donors (Lipinski definition) is 0. The van der Waals surface area contributed by atoms with E-state index in [1.54, 1.807) is 7.11 Å². The smallest absolute Gasteiger partial charge is 0.227 e. The van der Waals surface area contributed by atoms with Crippen LogP contribution in [0.1, 0.15) is 17.5 Å². The quantitative estimate of drug-likeness (QED) is 0.861. The van der Waals surface area contributed by atoms with Crippen LogP contribution in [-0.4, -0.2) is 19.6 Å². The van der Waals surface area contributed by atoms with Crippen molar-refractivity contribution in [2.45, 2.75) is 19.3 Å². The third kappa shape index (κ3) is 2.92. The van der Waals surface area contributed by atoms with Crippen molar-refractivity contribution in [3.63, 3.8) is 0 Å². The van der Waals surface area contributed by atoms with E-state index < -0.39 is 0 Å². The van der Waals surface area contributed by atoms with E-state index in [-0.39, 0.29) is 5.91 Å². The summed E-state index contributed by atoms with van der Waals surface area (Å²) in [6.45, 7) is 0.774. The second kappa shape index (κ2) is 6.00. The third-order valence-corrected chi connectivity index (χ3v) is 3.95. The van der Waals surface area contributed by atoms with Gasteiger partial charge in [0.05, 0.1) is 7.11 Å². The van der Waals surface area contributed by atoms with Gasteiger partial charge in [-0.25, -0.2) is 0 Å². The van der Waals surface area contributed by atoms with Crippen molar-refractivity contribution in [2.24, 2.45) is 0 Å². The van der Waals surface area contributed by atoms with E-state index in [2.05, 4.69) is 12.1 Å². The zero-order valence-corrected chi connectivity index (χ0v) is 12.2. The number of hydrogen-bond acceptors (Lipinski definition) is 2. The molecule has 3 rings (SSSR count). The Labute approximate surface area is 125 Å². The summed E-state index contributed by atoms with van der Waals surface area (Å²) in [6.07, 6.45) is 2.25. The van der Waals surface area contributed by atoms with E-state index in [1.807, 2.05) is 41.3 Å². The molecular weight excluding hydrogens is 262 g/mol. The minimum atomic E-state index is 0.197. The second-order valence-corrected chi connectivity index (χ2v) is 5.28. The van der Waals surface area contributed by atoms with Gasteiger partial charge in [0.15, 0.2) is 0 Å². The Morgan fingerprint density at radius 3 is 2.76 bits per heavy atom. The van der Waals surface area contributed by atoms with Crippen molar-refractivity contribution in [3.8, 4) is 5.75 Å². The van der Waals surface area contributed by atoms with Gasteiger partial charge in [-0.3, -0.25) is 4.79 Å². The summed E-state index contributed by atoms with van der Waals surface area (Å²) in [6, 6.07) is 16.1. The zero-order valence-electron chi connectivity index (χ0n) is 12.2. The Kier molecular flexibility index (Phi) is 3.91. The fourth-order valence-electron chi connectivity index (χ4n) is 2.80. The van der Waals surface area contributed by atoms with Crippen LogP contribution in [0.5, 0.6) is 5.75 Å². The molecule has 0 saturated carbocycles. The number of carbonyl (C=O) groups excluding carboxylic acids is 1. The number of nitrogens with zero attached hydrogens (tertiary/aromatic N) is 1. The largest absolute Gasteiger partial charge is 0.497 e. The molecule has 2 aromatic carbocycles. The molecule has 0 saturated heterocycles. The summed E-state index contributed by atoms with van der Waals surface area (Å²) in [5.41, 5.74) is 3.44. The van der Waals surface area contributed by atoms with Gasteiger partial charge in [-0.2, -0.15) is 0 Å². The van der Waals surface area contributed by atoms with Crippen molar-refractivity contribution in [2.75, 3.05) is 18.6 Å². The number of anilines is 1. The van der Waals surface area contributed by atoms with E-state index in [0.29, 0.717) is 6.42 Å². The standard InChI is InChI=1S/C18H19NO2/c1-21-16-8-9-17-15(13-16)11-12-19(17)18(20)10-7-14-5-3-2-4-6-14/h2-6,8-9,13H,7,10-12H2,1H3. The lowest BCUT2D eigenvalue weighted by atomic mass is 10.1. The van der Waals surface area contributed by atoms with Gasteiger partial charge in [-0.15, -0.1) is 0 Å². The highest BCUT2D eigenvalue weighted by Gasteiger charge is 2.24. The van der Waals surface area contributed by atoms with Crippen molar-refractivity contribution >= 4 is 11.6 Å². The second-order valence-electron chi connectivity index (χ2n) is 5.28. The molecule has 0 radical (unpaired) electrons. The Balaban J connectivity index is 1.68. The Bertz CT molecular complexity index is 637. The SMILES string of the molecule is COc1ccc2c(c1)CCN2C(=O)CCc1ccccc1. The summed E-state index contributed by atoms with van der Waals surface area (Å²) in [7, 11) is 1.67. The van der Waals surface area contributed by atoms with Crippen LogP contribution < -0.4 is 9.64 Å². The molecule has 1 aliphatic rings. The molecule has 21 heavy (non-hydrogen) atoms. The summed E-state index contributed by atoms with van der Waals surface area (Å²) < 4.78 is 5.24. The van der Waals surface area contributed by atoms with Gasteiger partial charge >= 0.3 is 0 Å². The normalized spacial score (nSPS) is 13.1. The predicted octanol–water partition coefficient (Wildman–Crippen LogP) is 3.22. The Morgan fingerprint density at radius 1 is 1.19 bits per heavy atom. The number of rotatable bonds is 4. The average molecular weight is 281 g/mol. The summed E-state index contributed by atoms with van der Waals surface area (Å²) in [5, 5.41) is 0. The molecule has 0 N–H and O–H groups in total. The summed E-state index contributed by atoms with van der Waals surface area (Å²) >= 11 is 0. The van der Waals surface area contributed by atoms with Crippen LogP contribution in [0.4, 0.5) is 5.69 Å². The highest BCUT2D eigenvalue weighted by Crippen LogP contribution is 2.31. The molecule has 0 spiro atoms. The lowest BCUT2D eigenvalue weighted by molar-refractivity contribution is -0.118. The molecule has 0 bridgehead atoms. The Morgan fingerprint density at radius 2 is 2.00 bits per heavy atom. The molecule has 3 nitrogen and oxygen atoms in total. The van der Waals surface area contributed by atoms with Gasteiger partial charge in [0, 0.05) is 18.7 Å².